The highest BCUT2D eigenvalue weighted by Gasteiger charge is 2.25. The third-order valence-corrected chi connectivity index (χ3v) is 4.83. The number of aryl methyl sites for hydroxylation is 1. The van der Waals surface area contributed by atoms with Gasteiger partial charge in [-0.15, -0.1) is 0 Å². The van der Waals surface area contributed by atoms with Crippen molar-refractivity contribution in [1.29, 1.82) is 0 Å². The number of hydrogen-bond acceptors (Lipinski definition) is 5. The van der Waals surface area contributed by atoms with Crippen LogP contribution in [0, 0.1) is 6.92 Å². The van der Waals surface area contributed by atoms with Gasteiger partial charge in [0.15, 0.2) is 0 Å². The lowest BCUT2D eigenvalue weighted by molar-refractivity contribution is -0.140. The topological polar surface area (TPSA) is 97.0 Å². The molecule has 2 N–H and O–H groups in total. The van der Waals surface area contributed by atoms with E-state index in [-0.39, 0.29) is 31.0 Å². The summed E-state index contributed by atoms with van der Waals surface area (Å²) in [4.78, 5) is 38.0. The van der Waals surface area contributed by atoms with Crippen LogP contribution in [0.2, 0.25) is 0 Å². The van der Waals surface area contributed by atoms with E-state index in [1.54, 1.807) is 35.2 Å². The number of ether oxygens (including phenoxy) is 2. The maximum absolute atomic E-state index is 12.4. The molecule has 0 spiro atoms. The summed E-state index contributed by atoms with van der Waals surface area (Å²) >= 11 is 0. The van der Waals surface area contributed by atoms with Crippen molar-refractivity contribution in [1.82, 2.24) is 15.5 Å². The van der Waals surface area contributed by atoms with E-state index in [1.807, 2.05) is 31.2 Å². The van der Waals surface area contributed by atoms with Crippen LogP contribution in [0.4, 0.5) is 0 Å². The normalized spacial score (nSPS) is 15.8. The van der Waals surface area contributed by atoms with Gasteiger partial charge in [0.05, 0.1) is 26.2 Å². The summed E-state index contributed by atoms with van der Waals surface area (Å²) in [6.45, 7) is 3.28. The van der Waals surface area contributed by atoms with E-state index in [0.29, 0.717) is 31.9 Å². The zero-order valence-electron chi connectivity index (χ0n) is 17.5. The summed E-state index contributed by atoms with van der Waals surface area (Å²) in [7, 11) is 0. The Morgan fingerprint density at radius 2 is 1.77 bits per heavy atom. The maximum Gasteiger partial charge on any atom is 0.251 e. The second kappa shape index (κ2) is 11.1. The molecule has 8 nitrogen and oxygen atoms in total. The molecular formula is C23H27N3O5. The van der Waals surface area contributed by atoms with Crippen LogP contribution in [-0.4, -0.2) is 68.1 Å². The molecule has 1 aliphatic heterocycles. The van der Waals surface area contributed by atoms with Crippen molar-refractivity contribution in [2.45, 2.75) is 13.0 Å². The van der Waals surface area contributed by atoms with Crippen molar-refractivity contribution in [3.63, 3.8) is 0 Å². The lowest BCUT2D eigenvalue weighted by Gasteiger charge is -2.33. The average molecular weight is 425 g/mol. The Kier molecular flexibility index (Phi) is 8.00. The summed E-state index contributed by atoms with van der Waals surface area (Å²) < 4.78 is 11.4. The molecule has 1 heterocycles. The first-order valence-electron chi connectivity index (χ1n) is 10.2. The highest BCUT2D eigenvalue weighted by atomic mass is 16.5. The third-order valence-electron chi connectivity index (χ3n) is 4.83. The number of amides is 3. The van der Waals surface area contributed by atoms with Crippen molar-refractivity contribution >= 4 is 17.7 Å². The van der Waals surface area contributed by atoms with Gasteiger partial charge in [-0.1, -0.05) is 35.9 Å². The summed E-state index contributed by atoms with van der Waals surface area (Å²) in [5.41, 5.74) is 1.62. The maximum atomic E-state index is 12.4. The Labute approximate surface area is 181 Å². The van der Waals surface area contributed by atoms with Gasteiger partial charge < -0.3 is 25.0 Å². The first-order chi connectivity index (χ1) is 15.0. The molecule has 1 saturated heterocycles. The lowest BCUT2D eigenvalue weighted by Crippen LogP contribution is -2.51. The standard InChI is InChI=1S/C23H27N3O5/c1-17-7-9-19(10-8-17)31-16-20-15-26(11-12-30-20)22(28)14-24-21(27)13-25-23(29)18-5-3-2-4-6-18/h2-10,20H,11-16H2,1H3,(H,24,27)(H,25,29). The highest BCUT2D eigenvalue weighted by Crippen LogP contribution is 2.13. The largest absolute Gasteiger partial charge is 0.491 e. The Morgan fingerprint density at radius 1 is 1.03 bits per heavy atom. The van der Waals surface area contributed by atoms with E-state index in [0.717, 1.165) is 11.3 Å². The van der Waals surface area contributed by atoms with Gasteiger partial charge >= 0.3 is 0 Å². The first kappa shape index (κ1) is 22.3. The monoisotopic (exact) mass is 425 g/mol. The van der Waals surface area contributed by atoms with Crippen LogP contribution in [-0.2, 0) is 14.3 Å². The van der Waals surface area contributed by atoms with Crippen molar-refractivity contribution < 1.29 is 23.9 Å². The van der Waals surface area contributed by atoms with Gasteiger partial charge in [0.1, 0.15) is 18.5 Å². The minimum atomic E-state index is -0.426. The summed E-state index contributed by atoms with van der Waals surface area (Å²) in [5, 5.41) is 5.08. The molecule has 0 radical (unpaired) electrons. The molecule has 3 rings (SSSR count). The minimum Gasteiger partial charge on any atom is -0.491 e. The van der Waals surface area contributed by atoms with Gasteiger partial charge in [-0.3, -0.25) is 14.4 Å². The van der Waals surface area contributed by atoms with Crippen molar-refractivity contribution in [2.75, 3.05) is 39.4 Å². The number of carbonyl (C=O) groups excluding carboxylic acids is 3. The predicted molar refractivity (Wildman–Crippen MR) is 115 cm³/mol. The van der Waals surface area contributed by atoms with Crippen LogP contribution >= 0.6 is 0 Å². The van der Waals surface area contributed by atoms with Gasteiger partial charge in [-0.2, -0.15) is 0 Å². The van der Waals surface area contributed by atoms with Gasteiger partial charge in [0.25, 0.3) is 5.91 Å². The van der Waals surface area contributed by atoms with E-state index in [9.17, 15) is 14.4 Å². The molecule has 8 heteroatoms. The fraction of sp³-hybridized carbons (Fsp3) is 0.348. The third kappa shape index (κ3) is 7.11. The quantitative estimate of drug-likeness (QED) is 0.661. The molecule has 2 aromatic rings. The molecule has 1 aliphatic rings. The molecule has 0 bridgehead atoms. The van der Waals surface area contributed by atoms with Crippen LogP contribution in [0.25, 0.3) is 0 Å². The first-order valence-corrected chi connectivity index (χ1v) is 10.2. The Bertz CT molecular complexity index is 886. The summed E-state index contributed by atoms with van der Waals surface area (Å²) in [6, 6.07) is 16.3. The molecule has 3 amide bonds. The predicted octanol–water partition coefficient (Wildman–Crippen LogP) is 1.15. The zero-order chi connectivity index (χ0) is 22.1. The van der Waals surface area contributed by atoms with E-state index in [1.165, 1.54) is 0 Å². The number of carbonyl (C=O) groups is 3. The number of nitrogens with zero attached hydrogens (tertiary/aromatic N) is 1. The van der Waals surface area contributed by atoms with Crippen LogP contribution in [0.3, 0.4) is 0 Å². The minimum absolute atomic E-state index is 0.133. The van der Waals surface area contributed by atoms with Gasteiger partial charge in [0, 0.05) is 12.1 Å². The molecule has 164 valence electrons. The van der Waals surface area contributed by atoms with Gasteiger partial charge in [-0.05, 0) is 31.2 Å². The number of morpholine rings is 1. The Hall–Kier alpha value is -3.39. The number of nitrogens with one attached hydrogen (secondary N) is 2. The van der Waals surface area contributed by atoms with Crippen molar-refractivity contribution in [3.8, 4) is 5.75 Å². The number of rotatable bonds is 8. The second-order valence-corrected chi connectivity index (χ2v) is 7.28. The zero-order valence-corrected chi connectivity index (χ0v) is 17.5. The second-order valence-electron chi connectivity index (χ2n) is 7.28. The van der Waals surface area contributed by atoms with Gasteiger partial charge in [0.2, 0.25) is 11.8 Å². The molecule has 0 aliphatic carbocycles. The van der Waals surface area contributed by atoms with E-state index >= 15 is 0 Å². The molecule has 0 saturated carbocycles. The fourth-order valence-electron chi connectivity index (χ4n) is 3.07. The summed E-state index contributed by atoms with van der Waals surface area (Å²) in [6.07, 6.45) is -0.236. The molecular weight excluding hydrogens is 398 g/mol. The van der Waals surface area contributed by atoms with E-state index in [2.05, 4.69) is 10.6 Å². The molecule has 0 aromatic heterocycles. The van der Waals surface area contributed by atoms with E-state index in [4.69, 9.17) is 9.47 Å². The highest BCUT2D eigenvalue weighted by molar-refractivity contribution is 5.96. The molecule has 1 unspecified atom stereocenters. The number of benzene rings is 2. The molecule has 1 fully saturated rings. The number of hydrogen-bond donors (Lipinski definition) is 2. The van der Waals surface area contributed by atoms with Crippen LogP contribution in [0.15, 0.2) is 54.6 Å². The fourth-order valence-corrected chi connectivity index (χ4v) is 3.07. The SMILES string of the molecule is Cc1ccc(OCC2CN(C(=O)CNC(=O)CNC(=O)c3ccccc3)CCO2)cc1. The molecule has 2 aromatic carbocycles. The van der Waals surface area contributed by atoms with Crippen LogP contribution in [0.5, 0.6) is 5.75 Å². The van der Waals surface area contributed by atoms with Gasteiger partial charge in [-0.25, -0.2) is 0 Å². The smallest absolute Gasteiger partial charge is 0.251 e. The Balaban J connectivity index is 1.36. The van der Waals surface area contributed by atoms with Crippen LogP contribution < -0.4 is 15.4 Å². The van der Waals surface area contributed by atoms with Crippen molar-refractivity contribution in [3.05, 3.63) is 65.7 Å². The average Bonchev–Trinajstić information content (AvgIpc) is 2.81. The molecule has 1 atom stereocenters. The van der Waals surface area contributed by atoms with Crippen molar-refractivity contribution in [2.24, 2.45) is 0 Å². The lowest BCUT2D eigenvalue weighted by atomic mass is 10.2. The van der Waals surface area contributed by atoms with Crippen LogP contribution in [0.1, 0.15) is 15.9 Å². The summed E-state index contributed by atoms with van der Waals surface area (Å²) in [5.74, 6) is -0.217. The van der Waals surface area contributed by atoms with E-state index < -0.39 is 5.91 Å². The Morgan fingerprint density at radius 3 is 2.52 bits per heavy atom. The molecule has 31 heavy (non-hydrogen) atoms.